The highest BCUT2D eigenvalue weighted by atomic mass is 79.9. The van der Waals surface area contributed by atoms with E-state index in [0.717, 1.165) is 37.9 Å². The van der Waals surface area contributed by atoms with Crippen LogP contribution in [0.1, 0.15) is 26.2 Å². The van der Waals surface area contributed by atoms with E-state index in [1.807, 2.05) is 0 Å². The maximum absolute atomic E-state index is 8.71. The molecule has 1 aliphatic rings. The third kappa shape index (κ3) is 3.73. The van der Waals surface area contributed by atoms with E-state index in [1.54, 1.807) is 0 Å². The van der Waals surface area contributed by atoms with Crippen LogP contribution >= 0.6 is 15.9 Å². The van der Waals surface area contributed by atoms with Crippen molar-refractivity contribution in [1.29, 1.82) is 5.26 Å². The second-order valence-electron chi connectivity index (χ2n) is 4.87. The molecular formula is C12H21BrN2O. The van der Waals surface area contributed by atoms with Crippen LogP contribution in [-0.4, -0.2) is 43.1 Å². The van der Waals surface area contributed by atoms with Crippen LogP contribution in [0.2, 0.25) is 0 Å². The van der Waals surface area contributed by atoms with Gasteiger partial charge in [0.1, 0.15) is 0 Å². The highest BCUT2D eigenvalue weighted by molar-refractivity contribution is 9.09. The van der Waals surface area contributed by atoms with Crippen LogP contribution in [0, 0.1) is 16.7 Å². The topological polar surface area (TPSA) is 36.3 Å². The molecule has 1 atom stereocenters. The van der Waals surface area contributed by atoms with E-state index in [4.69, 9.17) is 10.00 Å². The van der Waals surface area contributed by atoms with E-state index in [2.05, 4.69) is 40.9 Å². The largest absolute Gasteiger partial charge is 0.381 e. The van der Waals surface area contributed by atoms with E-state index < -0.39 is 0 Å². The highest BCUT2D eigenvalue weighted by Gasteiger charge is 2.33. The molecule has 1 saturated heterocycles. The summed E-state index contributed by atoms with van der Waals surface area (Å²) in [7, 11) is 2.11. The predicted molar refractivity (Wildman–Crippen MR) is 68.6 cm³/mol. The summed E-state index contributed by atoms with van der Waals surface area (Å²) in [5, 5.41) is 9.73. The van der Waals surface area contributed by atoms with Crippen molar-refractivity contribution in [3.63, 3.8) is 0 Å². The summed E-state index contributed by atoms with van der Waals surface area (Å²) in [6, 6.07) is 2.57. The van der Waals surface area contributed by atoms with Crippen molar-refractivity contribution < 1.29 is 4.74 Å². The van der Waals surface area contributed by atoms with Gasteiger partial charge in [0.2, 0.25) is 0 Å². The fourth-order valence-electron chi connectivity index (χ4n) is 2.11. The van der Waals surface area contributed by atoms with Gasteiger partial charge in [-0.15, -0.1) is 0 Å². The molecule has 1 rings (SSSR count). The third-order valence-corrected chi connectivity index (χ3v) is 4.75. The Kier molecular flexibility index (Phi) is 5.74. The van der Waals surface area contributed by atoms with Crippen molar-refractivity contribution >= 4 is 15.9 Å². The number of alkyl halides is 1. The number of hydrogen-bond donors (Lipinski definition) is 0. The fourth-order valence-corrected chi connectivity index (χ4v) is 2.85. The SMILES string of the molecule is CC(CC#N)N(C)CC1(CBr)CCOCC1. The standard InChI is InChI=1S/C12H21BrN2O/c1-11(3-6-14)15(2)10-12(9-13)4-7-16-8-5-12/h11H,3-5,7-10H2,1-2H3. The Hall–Kier alpha value is -0.110. The molecule has 0 N–H and O–H groups in total. The van der Waals surface area contributed by atoms with Gasteiger partial charge < -0.3 is 9.64 Å². The first-order valence-corrected chi connectivity index (χ1v) is 6.96. The van der Waals surface area contributed by atoms with Gasteiger partial charge in [-0.05, 0) is 32.2 Å². The number of nitriles is 1. The molecule has 16 heavy (non-hydrogen) atoms. The number of halogens is 1. The second kappa shape index (κ2) is 6.58. The molecule has 0 aromatic rings. The van der Waals surface area contributed by atoms with Gasteiger partial charge >= 0.3 is 0 Å². The first-order chi connectivity index (χ1) is 7.63. The van der Waals surface area contributed by atoms with Crippen LogP contribution in [-0.2, 0) is 4.74 Å². The maximum Gasteiger partial charge on any atom is 0.0638 e. The third-order valence-electron chi connectivity index (χ3n) is 3.56. The van der Waals surface area contributed by atoms with Gasteiger partial charge in [-0.2, -0.15) is 5.26 Å². The molecular weight excluding hydrogens is 268 g/mol. The molecule has 0 aromatic heterocycles. The van der Waals surface area contributed by atoms with E-state index >= 15 is 0 Å². The van der Waals surface area contributed by atoms with Crippen molar-refractivity contribution in [2.45, 2.75) is 32.2 Å². The molecule has 4 heteroatoms. The Morgan fingerprint density at radius 3 is 2.62 bits per heavy atom. The Morgan fingerprint density at radius 2 is 2.12 bits per heavy atom. The van der Waals surface area contributed by atoms with E-state index in [9.17, 15) is 0 Å². The van der Waals surface area contributed by atoms with Gasteiger partial charge in [0, 0.05) is 31.1 Å². The first kappa shape index (κ1) is 14.0. The molecule has 0 saturated carbocycles. The average Bonchev–Trinajstić information content (AvgIpc) is 2.30. The number of hydrogen-bond acceptors (Lipinski definition) is 3. The fraction of sp³-hybridized carbons (Fsp3) is 0.917. The summed E-state index contributed by atoms with van der Waals surface area (Å²) < 4.78 is 5.42. The lowest BCUT2D eigenvalue weighted by atomic mass is 9.81. The molecule has 1 unspecified atom stereocenters. The molecule has 3 nitrogen and oxygen atoms in total. The van der Waals surface area contributed by atoms with Crippen LogP contribution in [0.15, 0.2) is 0 Å². The van der Waals surface area contributed by atoms with E-state index in [1.165, 1.54) is 0 Å². The van der Waals surface area contributed by atoms with Crippen LogP contribution in [0.25, 0.3) is 0 Å². The lowest BCUT2D eigenvalue weighted by Gasteiger charge is -2.40. The first-order valence-electron chi connectivity index (χ1n) is 5.84. The second-order valence-corrected chi connectivity index (χ2v) is 5.43. The van der Waals surface area contributed by atoms with Crippen LogP contribution in [0.5, 0.6) is 0 Å². The van der Waals surface area contributed by atoms with Crippen LogP contribution in [0.3, 0.4) is 0 Å². The molecule has 0 radical (unpaired) electrons. The molecule has 0 bridgehead atoms. The van der Waals surface area contributed by atoms with E-state index in [-0.39, 0.29) is 0 Å². The number of nitrogens with zero attached hydrogens (tertiary/aromatic N) is 2. The van der Waals surface area contributed by atoms with Crippen molar-refractivity contribution in [3.05, 3.63) is 0 Å². The Bertz CT molecular complexity index is 246. The zero-order valence-corrected chi connectivity index (χ0v) is 11.8. The van der Waals surface area contributed by atoms with Gasteiger partial charge in [0.25, 0.3) is 0 Å². The molecule has 1 aliphatic heterocycles. The Balaban J connectivity index is 2.52. The summed E-state index contributed by atoms with van der Waals surface area (Å²) in [6.07, 6.45) is 2.83. The molecule has 1 heterocycles. The maximum atomic E-state index is 8.71. The summed E-state index contributed by atoms with van der Waals surface area (Å²) in [6.45, 7) is 4.90. The number of ether oxygens (including phenoxy) is 1. The average molecular weight is 289 g/mol. The Labute approximate surface area is 107 Å². The highest BCUT2D eigenvalue weighted by Crippen LogP contribution is 2.33. The van der Waals surface area contributed by atoms with Crippen molar-refractivity contribution in [2.24, 2.45) is 5.41 Å². The van der Waals surface area contributed by atoms with Gasteiger partial charge in [-0.25, -0.2) is 0 Å². The minimum atomic E-state index is 0.330. The van der Waals surface area contributed by atoms with Gasteiger partial charge in [0.05, 0.1) is 12.5 Å². The van der Waals surface area contributed by atoms with Gasteiger partial charge in [0.15, 0.2) is 0 Å². The molecule has 1 fully saturated rings. The smallest absolute Gasteiger partial charge is 0.0638 e. The lowest BCUT2D eigenvalue weighted by molar-refractivity contribution is 0.00717. The molecule has 92 valence electrons. The zero-order valence-electron chi connectivity index (χ0n) is 10.2. The van der Waals surface area contributed by atoms with Gasteiger partial charge in [-0.1, -0.05) is 15.9 Å². The summed E-state index contributed by atoms with van der Waals surface area (Å²) in [5.41, 5.74) is 0.330. The zero-order chi connectivity index (χ0) is 12.0. The predicted octanol–water partition coefficient (Wildman–Crippen LogP) is 2.41. The monoisotopic (exact) mass is 288 g/mol. The minimum Gasteiger partial charge on any atom is -0.381 e. The molecule has 0 aliphatic carbocycles. The van der Waals surface area contributed by atoms with Crippen molar-refractivity contribution in [2.75, 3.05) is 32.1 Å². The van der Waals surface area contributed by atoms with E-state index in [0.29, 0.717) is 17.9 Å². The van der Waals surface area contributed by atoms with Crippen molar-refractivity contribution in [1.82, 2.24) is 4.90 Å². The minimum absolute atomic E-state index is 0.330. The van der Waals surface area contributed by atoms with Crippen LogP contribution in [0.4, 0.5) is 0 Å². The summed E-state index contributed by atoms with van der Waals surface area (Å²) >= 11 is 3.64. The molecule has 0 spiro atoms. The lowest BCUT2D eigenvalue weighted by Crippen LogP contribution is -2.44. The quantitative estimate of drug-likeness (QED) is 0.729. The summed E-state index contributed by atoms with van der Waals surface area (Å²) in [5.74, 6) is 0. The normalized spacial score (nSPS) is 21.7. The van der Waals surface area contributed by atoms with Crippen molar-refractivity contribution in [3.8, 4) is 6.07 Å². The number of rotatable bonds is 5. The summed E-state index contributed by atoms with van der Waals surface area (Å²) in [4.78, 5) is 2.30. The van der Waals surface area contributed by atoms with Gasteiger partial charge in [-0.3, -0.25) is 0 Å². The Morgan fingerprint density at radius 1 is 1.50 bits per heavy atom. The van der Waals surface area contributed by atoms with Crippen LogP contribution < -0.4 is 0 Å². The molecule has 0 amide bonds. The molecule has 0 aromatic carbocycles.